The Hall–Kier alpha value is -1.71. The number of carbonyl (C=O) groups excluding carboxylic acids is 1. The van der Waals surface area contributed by atoms with Crippen molar-refractivity contribution >= 4 is 6.03 Å². The van der Waals surface area contributed by atoms with Crippen molar-refractivity contribution in [2.75, 3.05) is 27.7 Å². The number of fused-ring (bicyclic) bond motifs is 1. The van der Waals surface area contributed by atoms with Gasteiger partial charge in [0.25, 0.3) is 0 Å². The summed E-state index contributed by atoms with van der Waals surface area (Å²) in [5.74, 6) is 0.847. The van der Waals surface area contributed by atoms with Crippen molar-refractivity contribution in [3.05, 3.63) is 29.3 Å². The molecular formula is C14H20N2O2. The molecule has 1 aromatic carbocycles. The maximum absolute atomic E-state index is 12.1. The van der Waals surface area contributed by atoms with E-state index >= 15 is 0 Å². The van der Waals surface area contributed by atoms with Gasteiger partial charge in [0.1, 0.15) is 5.75 Å². The monoisotopic (exact) mass is 248 g/mol. The molecule has 0 saturated carbocycles. The first kappa shape index (κ1) is 12.7. The van der Waals surface area contributed by atoms with Crippen molar-refractivity contribution in [3.8, 4) is 5.75 Å². The van der Waals surface area contributed by atoms with Gasteiger partial charge in [-0.25, -0.2) is 4.79 Å². The lowest BCUT2D eigenvalue weighted by atomic mass is 9.93. The highest BCUT2D eigenvalue weighted by molar-refractivity contribution is 5.75. The molecule has 18 heavy (non-hydrogen) atoms. The average molecular weight is 248 g/mol. The Balaban J connectivity index is 2.31. The van der Waals surface area contributed by atoms with Gasteiger partial charge in [-0.05, 0) is 36.6 Å². The molecule has 98 valence electrons. The van der Waals surface area contributed by atoms with Gasteiger partial charge in [0.2, 0.25) is 0 Å². The molecule has 1 heterocycles. The summed E-state index contributed by atoms with van der Waals surface area (Å²) in [5.41, 5.74) is 2.50. The zero-order valence-electron chi connectivity index (χ0n) is 11.4. The van der Waals surface area contributed by atoms with Gasteiger partial charge in [-0.2, -0.15) is 0 Å². The lowest BCUT2D eigenvalue weighted by molar-refractivity contribution is 0.149. The van der Waals surface area contributed by atoms with Crippen LogP contribution in [-0.2, 0) is 6.42 Å². The summed E-state index contributed by atoms with van der Waals surface area (Å²) in [6, 6.07) is 6.28. The molecule has 0 saturated heterocycles. The van der Waals surface area contributed by atoms with Crippen LogP contribution < -0.4 is 4.74 Å². The zero-order valence-corrected chi connectivity index (χ0v) is 11.4. The van der Waals surface area contributed by atoms with Crippen molar-refractivity contribution < 1.29 is 9.53 Å². The smallest absolute Gasteiger partial charge is 0.319 e. The van der Waals surface area contributed by atoms with Crippen molar-refractivity contribution in [1.82, 2.24) is 9.80 Å². The molecule has 0 aromatic heterocycles. The zero-order chi connectivity index (χ0) is 13.3. The molecule has 0 aliphatic carbocycles. The predicted octanol–water partition coefficient (Wildman–Crippen LogP) is 2.30. The van der Waals surface area contributed by atoms with Crippen LogP contribution >= 0.6 is 0 Å². The third kappa shape index (κ3) is 2.15. The van der Waals surface area contributed by atoms with Crippen molar-refractivity contribution in [2.45, 2.75) is 19.4 Å². The van der Waals surface area contributed by atoms with E-state index in [0.717, 1.165) is 18.7 Å². The molecule has 1 aliphatic heterocycles. The quantitative estimate of drug-likeness (QED) is 0.764. The highest BCUT2D eigenvalue weighted by Gasteiger charge is 2.28. The Morgan fingerprint density at radius 2 is 2.17 bits per heavy atom. The van der Waals surface area contributed by atoms with E-state index in [1.54, 1.807) is 26.1 Å². The van der Waals surface area contributed by atoms with E-state index in [1.807, 2.05) is 17.0 Å². The van der Waals surface area contributed by atoms with E-state index < -0.39 is 0 Å². The number of benzene rings is 1. The molecular weight excluding hydrogens is 228 g/mol. The number of urea groups is 1. The predicted molar refractivity (Wildman–Crippen MR) is 70.9 cm³/mol. The molecule has 0 N–H and O–H groups in total. The number of carbonyl (C=O) groups is 1. The molecule has 1 aliphatic rings. The minimum absolute atomic E-state index is 0.0657. The maximum Gasteiger partial charge on any atom is 0.319 e. The van der Waals surface area contributed by atoms with Gasteiger partial charge in [-0.15, -0.1) is 0 Å². The highest BCUT2D eigenvalue weighted by atomic mass is 16.5. The van der Waals surface area contributed by atoms with Crippen LogP contribution in [-0.4, -0.2) is 43.6 Å². The van der Waals surface area contributed by atoms with Crippen molar-refractivity contribution in [3.63, 3.8) is 0 Å². The summed E-state index contributed by atoms with van der Waals surface area (Å²) in [6.45, 7) is 2.84. The second-order valence-electron chi connectivity index (χ2n) is 4.86. The van der Waals surface area contributed by atoms with Crippen LogP contribution in [0, 0.1) is 0 Å². The molecule has 0 spiro atoms. The fourth-order valence-corrected chi connectivity index (χ4v) is 2.44. The average Bonchev–Trinajstić information content (AvgIpc) is 2.38. The lowest BCUT2D eigenvalue weighted by Crippen LogP contribution is -2.44. The van der Waals surface area contributed by atoms with E-state index in [0.29, 0.717) is 0 Å². The summed E-state index contributed by atoms with van der Waals surface area (Å²) in [5, 5.41) is 0. The fraction of sp³-hybridized carbons (Fsp3) is 0.500. The Morgan fingerprint density at radius 3 is 2.78 bits per heavy atom. The van der Waals surface area contributed by atoms with E-state index in [1.165, 1.54) is 11.1 Å². The number of hydrogen-bond donors (Lipinski definition) is 0. The third-order valence-electron chi connectivity index (χ3n) is 3.52. The van der Waals surface area contributed by atoms with Crippen LogP contribution in [0.2, 0.25) is 0 Å². The van der Waals surface area contributed by atoms with E-state index in [9.17, 15) is 4.79 Å². The first-order valence-corrected chi connectivity index (χ1v) is 6.19. The van der Waals surface area contributed by atoms with Crippen molar-refractivity contribution in [2.24, 2.45) is 0 Å². The van der Waals surface area contributed by atoms with Crippen LogP contribution in [0.15, 0.2) is 18.2 Å². The molecule has 1 unspecified atom stereocenters. The summed E-state index contributed by atoms with van der Waals surface area (Å²) in [7, 11) is 5.24. The van der Waals surface area contributed by atoms with Gasteiger partial charge in [-0.3, -0.25) is 0 Å². The van der Waals surface area contributed by atoms with E-state index in [4.69, 9.17) is 4.74 Å². The van der Waals surface area contributed by atoms with Crippen LogP contribution in [0.25, 0.3) is 0 Å². The highest BCUT2D eigenvalue weighted by Crippen LogP contribution is 2.32. The van der Waals surface area contributed by atoms with Gasteiger partial charge < -0.3 is 14.5 Å². The Bertz CT molecular complexity index is 457. The summed E-state index contributed by atoms with van der Waals surface area (Å²) < 4.78 is 5.26. The second kappa shape index (κ2) is 4.88. The van der Waals surface area contributed by atoms with Crippen molar-refractivity contribution in [1.29, 1.82) is 0 Å². The standard InChI is InChI=1S/C14H20N2O2/c1-10-13-9-12(18-4)6-5-11(13)7-8-16(10)14(17)15(2)3/h5-6,9-10H,7-8H2,1-4H3. The second-order valence-corrected chi connectivity index (χ2v) is 4.86. The summed E-state index contributed by atoms with van der Waals surface area (Å²) in [4.78, 5) is 15.6. The molecule has 2 amide bonds. The van der Waals surface area contributed by atoms with Crippen LogP contribution in [0.1, 0.15) is 24.1 Å². The molecule has 0 bridgehead atoms. The SMILES string of the molecule is COc1ccc2c(c1)C(C)N(C(=O)N(C)C)CC2. The van der Waals surface area contributed by atoms with Gasteiger partial charge in [0.15, 0.2) is 0 Å². The first-order valence-electron chi connectivity index (χ1n) is 6.19. The molecule has 4 nitrogen and oxygen atoms in total. The number of ether oxygens (including phenoxy) is 1. The summed E-state index contributed by atoms with van der Waals surface area (Å²) >= 11 is 0. The maximum atomic E-state index is 12.1. The minimum Gasteiger partial charge on any atom is -0.497 e. The molecule has 1 aromatic rings. The topological polar surface area (TPSA) is 32.8 Å². The van der Waals surface area contributed by atoms with Gasteiger partial charge in [0.05, 0.1) is 13.2 Å². The molecule has 4 heteroatoms. The number of amides is 2. The minimum atomic E-state index is 0.0657. The molecule has 1 atom stereocenters. The van der Waals surface area contributed by atoms with Crippen LogP contribution in [0.4, 0.5) is 4.79 Å². The number of methoxy groups -OCH3 is 1. The number of rotatable bonds is 1. The number of hydrogen-bond acceptors (Lipinski definition) is 2. The normalized spacial score (nSPS) is 18.2. The largest absolute Gasteiger partial charge is 0.497 e. The Labute approximate surface area is 108 Å². The third-order valence-corrected chi connectivity index (χ3v) is 3.52. The summed E-state index contributed by atoms with van der Waals surface area (Å²) in [6.07, 6.45) is 0.906. The van der Waals surface area contributed by atoms with Gasteiger partial charge in [0, 0.05) is 20.6 Å². The lowest BCUT2D eigenvalue weighted by Gasteiger charge is -2.36. The van der Waals surface area contributed by atoms with E-state index in [-0.39, 0.29) is 12.1 Å². The van der Waals surface area contributed by atoms with Crippen LogP contribution in [0.3, 0.4) is 0 Å². The molecule has 2 rings (SSSR count). The molecule has 0 fully saturated rings. The Morgan fingerprint density at radius 1 is 1.44 bits per heavy atom. The van der Waals surface area contributed by atoms with Gasteiger partial charge >= 0.3 is 6.03 Å². The van der Waals surface area contributed by atoms with Gasteiger partial charge in [-0.1, -0.05) is 6.07 Å². The van der Waals surface area contributed by atoms with Crippen LogP contribution in [0.5, 0.6) is 5.75 Å². The number of nitrogens with zero attached hydrogens (tertiary/aromatic N) is 2. The first-order chi connectivity index (χ1) is 8.54. The fourth-order valence-electron chi connectivity index (χ4n) is 2.44. The van der Waals surface area contributed by atoms with E-state index in [2.05, 4.69) is 13.0 Å². The molecule has 0 radical (unpaired) electrons. The Kier molecular flexibility index (Phi) is 3.45.